The molecule has 1 aliphatic heterocycles. The first-order chi connectivity index (χ1) is 8.14. The van der Waals surface area contributed by atoms with Crippen molar-refractivity contribution in [2.24, 2.45) is 0 Å². The van der Waals surface area contributed by atoms with Crippen LogP contribution >= 0.6 is 11.6 Å². The van der Waals surface area contributed by atoms with Gasteiger partial charge in [-0.25, -0.2) is 0 Å². The van der Waals surface area contributed by atoms with Crippen molar-refractivity contribution in [2.45, 2.75) is 45.8 Å². The van der Waals surface area contributed by atoms with E-state index in [1.807, 2.05) is 40.7 Å². The van der Waals surface area contributed by atoms with Gasteiger partial charge in [-0.2, -0.15) is 0 Å². The van der Waals surface area contributed by atoms with Crippen molar-refractivity contribution in [2.75, 3.05) is 5.73 Å². The Kier molecular flexibility index (Phi) is 3.17. The minimum absolute atomic E-state index is 0.365. The fraction of sp³-hybridized carbons (Fsp3) is 0.538. The van der Waals surface area contributed by atoms with Gasteiger partial charge in [0.05, 0.1) is 11.2 Å². The predicted molar refractivity (Wildman–Crippen MR) is 76.3 cm³/mol. The lowest BCUT2D eigenvalue weighted by atomic mass is 9.78. The molecule has 0 spiro atoms. The van der Waals surface area contributed by atoms with Crippen molar-refractivity contribution in [1.29, 1.82) is 0 Å². The summed E-state index contributed by atoms with van der Waals surface area (Å²) in [6.07, 6.45) is 0. The summed E-state index contributed by atoms with van der Waals surface area (Å²) in [6.45, 7) is 10.0. The fourth-order valence-electron chi connectivity index (χ4n) is 1.87. The van der Waals surface area contributed by atoms with Gasteiger partial charge in [0.2, 0.25) is 0 Å². The van der Waals surface area contributed by atoms with E-state index in [9.17, 15) is 0 Å². The minimum Gasteiger partial charge on any atom is -0.399 e. The third kappa shape index (κ3) is 2.13. The summed E-state index contributed by atoms with van der Waals surface area (Å²) in [6, 6.07) is 3.68. The van der Waals surface area contributed by atoms with Crippen molar-refractivity contribution < 1.29 is 9.31 Å². The van der Waals surface area contributed by atoms with Gasteiger partial charge in [0.25, 0.3) is 0 Å². The summed E-state index contributed by atoms with van der Waals surface area (Å²) < 4.78 is 12.0. The van der Waals surface area contributed by atoms with E-state index in [1.165, 1.54) is 0 Å². The lowest BCUT2D eigenvalue weighted by Gasteiger charge is -2.32. The van der Waals surface area contributed by atoms with Gasteiger partial charge in [-0.1, -0.05) is 17.7 Å². The molecule has 0 aromatic heterocycles. The van der Waals surface area contributed by atoms with E-state index in [4.69, 9.17) is 26.6 Å². The van der Waals surface area contributed by atoms with Crippen LogP contribution in [-0.2, 0) is 9.31 Å². The number of benzene rings is 1. The number of nitrogen functional groups attached to an aromatic ring is 1. The van der Waals surface area contributed by atoms with E-state index in [1.54, 1.807) is 6.07 Å². The quantitative estimate of drug-likeness (QED) is 0.628. The standard InChI is InChI=1S/C13H19BClNO2/c1-8-6-9(10(15)7-11(8)16)14-17-12(2,3)13(4,5)18-14/h6-7H,16H2,1-5H3. The van der Waals surface area contributed by atoms with Crippen LogP contribution < -0.4 is 11.2 Å². The van der Waals surface area contributed by atoms with E-state index in [-0.39, 0.29) is 11.2 Å². The molecule has 1 saturated heterocycles. The SMILES string of the molecule is Cc1cc(B2OC(C)(C)C(C)(C)O2)c(Cl)cc1N. The Bertz CT molecular complexity index is 472. The topological polar surface area (TPSA) is 44.5 Å². The molecule has 5 heteroatoms. The molecule has 1 heterocycles. The van der Waals surface area contributed by atoms with Gasteiger partial charge in [-0.3, -0.25) is 0 Å². The molecule has 0 saturated carbocycles. The molecule has 1 aromatic rings. The van der Waals surface area contributed by atoms with Crippen molar-refractivity contribution in [3.05, 3.63) is 22.7 Å². The van der Waals surface area contributed by atoms with Crippen molar-refractivity contribution in [3.63, 3.8) is 0 Å². The second-order valence-electron chi connectivity index (χ2n) is 5.82. The summed E-state index contributed by atoms with van der Waals surface area (Å²) in [5.41, 5.74) is 7.59. The zero-order chi connectivity index (χ0) is 13.7. The van der Waals surface area contributed by atoms with Crippen LogP contribution in [-0.4, -0.2) is 18.3 Å². The molecule has 0 unspecified atom stereocenters. The van der Waals surface area contributed by atoms with Gasteiger partial charge in [0, 0.05) is 16.2 Å². The van der Waals surface area contributed by atoms with Gasteiger partial charge < -0.3 is 15.0 Å². The second kappa shape index (κ2) is 4.15. The first-order valence-electron chi connectivity index (χ1n) is 6.05. The molecule has 2 rings (SSSR count). The summed E-state index contributed by atoms with van der Waals surface area (Å²) in [5.74, 6) is 0. The molecular weight excluding hydrogens is 248 g/mol. The third-order valence-corrected chi connectivity index (χ3v) is 4.22. The monoisotopic (exact) mass is 267 g/mol. The molecule has 1 fully saturated rings. The second-order valence-corrected chi connectivity index (χ2v) is 6.23. The number of halogens is 1. The molecular formula is C13H19BClNO2. The number of rotatable bonds is 1. The number of nitrogens with two attached hydrogens (primary N) is 1. The Morgan fingerprint density at radius 3 is 2.11 bits per heavy atom. The Morgan fingerprint density at radius 1 is 1.11 bits per heavy atom. The van der Waals surface area contributed by atoms with E-state index in [0.29, 0.717) is 10.7 Å². The van der Waals surface area contributed by atoms with Crippen LogP contribution in [0.5, 0.6) is 0 Å². The van der Waals surface area contributed by atoms with Crippen LogP contribution in [0.25, 0.3) is 0 Å². The van der Waals surface area contributed by atoms with Gasteiger partial charge in [0.15, 0.2) is 0 Å². The van der Waals surface area contributed by atoms with Crippen LogP contribution in [0.3, 0.4) is 0 Å². The average Bonchev–Trinajstić information content (AvgIpc) is 2.42. The Hall–Kier alpha value is -0.705. The van der Waals surface area contributed by atoms with Crippen LogP contribution in [0.2, 0.25) is 5.02 Å². The van der Waals surface area contributed by atoms with Gasteiger partial charge in [-0.15, -0.1) is 0 Å². The summed E-state index contributed by atoms with van der Waals surface area (Å²) in [7, 11) is -0.443. The largest absolute Gasteiger partial charge is 0.496 e. The Morgan fingerprint density at radius 2 is 1.61 bits per heavy atom. The predicted octanol–water partition coefficient (Wildman–Crippen LogP) is 2.53. The zero-order valence-electron chi connectivity index (χ0n) is 11.5. The normalized spacial score (nSPS) is 21.3. The lowest BCUT2D eigenvalue weighted by Crippen LogP contribution is -2.41. The van der Waals surface area contributed by atoms with Gasteiger partial charge in [0.1, 0.15) is 0 Å². The molecule has 0 atom stereocenters. The summed E-state index contributed by atoms with van der Waals surface area (Å²) in [4.78, 5) is 0. The molecule has 98 valence electrons. The van der Waals surface area contributed by atoms with Crippen molar-refractivity contribution in [3.8, 4) is 0 Å². The maximum absolute atomic E-state index is 6.23. The van der Waals surface area contributed by atoms with Crippen LogP contribution in [0.1, 0.15) is 33.3 Å². The first kappa shape index (κ1) is 13.7. The fourth-order valence-corrected chi connectivity index (χ4v) is 2.13. The molecule has 0 amide bonds. The summed E-state index contributed by atoms with van der Waals surface area (Å²) in [5, 5.41) is 0.580. The smallest absolute Gasteiger partial charge is 0.399 e. The highest BCUT2D eigenvalue weighted by Gasteiger charge is 2.52. The first-order valence-corrected chi connectivity index (χ1v) is 6.43. The van der Waals surface area contributed by atoms with E-state index >= 15 is 0 Å². The number of hydrogen-bond donors (Lipinski definition) is 1. The molecule has 0 bridgehead atoms. The van der Waals surface area contributed by atoms with E-state index in [0.717, 1.165) is 11.0 Å². The van der Waals surface area contributed by atoms with Crippen molar-refractivity contribution in [1.82, 2.24) is 0 Å². The van der Waals surface area contributed by atoms with Gasteiger partial charge >= 0.3 is 7.12 Å². The number of hydrogen-bond acceptors (Lipinski definition) is 3. The van der Waals surface area contributed by atoms with Gasteiger partial charge in [-0.05, 0) is 46.2 Å². The average molecular weight is 268 g/mol. The lowest BCUT2D eigenvalue weighted by molar-refractivity contribution is 0.00578. The van der Waals surface area contributed by atoms with E-state index in [2.05, 4.69) is 0 Å². The Balaban J connectivity index is 2.38. The molecule has 18 heavy (non-hydrogen) atoms. The highest BCUT2D eigenvalue weighted by atomic mass is 35.5. The molecule has 0 aliphatic carbocycles. The number of aryl methyl sites for hydroxylation is 1. The molecule has 2 N–H and O–H groups in total. The maximum Gasteiger partial charge on any atom is 0.496 e. The summed E-state index contributed by atoms with van der Waals surface area (Å²) >= 11 is 6.23. The van der Waals surface area contributed by atoms with E-state index < -0.39 is 7.12 Å². The highest BCUT2D eigenvalue weighted by molar-refractivity contribution is 6.65. The van der Waals surface area contributed by atoms with Crippen LogP contribution in [0.15, 0.2) is 12.1 Å². The molecule has 0 radical (unpaired) electrons. The minimum atomic E-state index is -0.443. The number of anilines is 1. The van der Waals surface area contributed by atoms with Crippen molar-refractivity contribution >= 4 is 29.9 Å². The Labute approximate surface area is 114 Å². The highest BCUT2D eigenvalue weighted by Crippen LogP contribution is 2.37. The third-order valence-electron chi connectivity index (χ3n) is 3.89. The van der Waals surface area contributed by atoms with Crippen LogP contribution in [0, 0.1) is 6.92 Å². The zero-order valence-corrected chi connectivity index (χ0v) is 12.3. The molecule has 1 aliphatic rings. The molecule has 1 aromatic carbocycles. The van der Waals surface area contributed by atoms with Crippen LogP contribution in [0.4, 0.5) is 5.69 Å². The maximum atomic E-state index is 6.23. The molecule has 3 nitrogen and oxygen atoms in total.